The number of hydrogen-bond donors (Lipinski definition) is 2. The van der Waals surface area contributed by atoms with Crippen molar-refractivity contribution in [3.63, 3.8) is 0 Å². The van der Waals surface area contributed by atoms with Crippen molar-refractivity contribution in [1.29, 1.82) is 0 Å². The van der Waals surface area contributed by atoms with E-state index in [2.05, 4.69) is 46.5 Å². The highest BCUT2D eigenvalue weighted by Gasteiger charge is 2.32. The second-order valence-corrected chi connectivity index (χ2v) is 9.28. The number of imidazole rings is 1. The Morgan fingerprint density at radius 1 is 1.43 bits per heavy atom. The summed E-state index contributed by atoms with van der Waals surface area (Å²) in [6, 6.07) is 1.98. The molecule has 3 aromatic rings. The topological polar surface area (TPSA) is 114 Å². The Balaban J connectivity index is 1.34. The van der Waals surface area contributed by atoms with Gasteiger partial charge >= 0.3 is 6.09 Å². The summed E-state index contributed by atoms with van der Waals surface area (Å²) in [7, 11) is 0. The molecule has 1 aliphatic heterocycles. The Hall–Kier alpha value is -2.69. The molecule has 2 N–H and O–H groups in total. The molecule has 0 bridgehead atoms. The number of nitrogens with zero attached hydrogens (tertiary/aromatic N) is 6. The van der Waals surface area contributed by atoms with Crippen LogP contribution >= 0.6 is 15.9 Å². The number of hydrogen-bond acceptors (Lipinski definition) is 7. The molecule has 0 spiro atoms. The number of rotatable bonds is 5. The molecule has 11 heteroatoms. The minimum absolute atomic E-state index is 0.0576. The molecule has 0 radical (unpaired) electrons. The Kier molecular flexibility index (Phi) is 5.63. The molecule has 30 heavy (non-hydrogen) atoms. The standard InChI is InChI=1S/C19H25BrN8O2/c1-19(2,3)30-18(29)28-6-4-5-14(28)11-27-10-13(25-26-27)9-22-17-23-15-7-12(20)8-21-16(15)24-17/h7-8,10,14H,4-6,9,11H2,1-3H3,(H2,21,22,23,24)/t14-/m0/s1. The van der Waals surface area contributed by atoms with Crippen molar-refractivity contribution in [2.75, 3.05) is 11.9 Å². The van der Waals surface area contributed by atoms with Crippen LogP contribution in [0.4, 0.5) is 10.7 Å². The lowest BCUT2D eigenvalue weighted by atomic mass is 10.2. The maximum absolute atomic E-state index is 12.5. The third kappa shape index (κ3) is 4.89. The average Bonchev–Trinajstić information content (AvgIpc) is 3.38. The fourth-order valence-corrected chi connectivity index (χ4v) is 3.77. The number of carbonyl (C=O) groups excluding carboxylic acids is 1. The van der Waals surface area contributed by atoms with Gasteiger partial charge in [0.05, 0.1) is 30.8 Å². The molecular weight excluding hydrogens is 452 g/mol. The number of aromatic amines is 1. The summed E-state index contributed by atoms with van der Waals surface area (Å²) in [6.45, 7) is 7.41. The molecule has 1 atom stereocenters. The third-order valence-electron chi connectivity index (χ3n) is 4.73. The SMILES string of the molecule is CC(C)(C)OC(=O)N1CCC[C@H]1Cn1cc(CNc2nc3ncc(Br)cc3[nH]2)nn1. The number of halogens is 1. The maximum Gasteiger partial charge on any atom is 0.410 e. The molecule has 0 aromatic carbocycles. The zero-order valence-corrected chi connectivity index (χ0v) is 18.8. The number of amides is 1. The van der Waals surface area contributed by atoms with Crippen LogP contribution in [0.15, 0.2) is 22.9 Å². The summed E-state index contributed by atoms with van der Waals surface area (Å²) >= 11 is 3.40. The van der Waals surface area contributed by atoms with E-state index in [0.29, 0.717) is 31.2 Å². The van der Waals surface area contributed by atoms with E-state index in [0.717, 1.165) is 28.5 Å². The molecule has 0 saturated carbocycles. The van der Waals surface area contributed by atoms with Gasteiger partial charge in [0.2, 0.25) is 5.95 Å². The van der Waals surface area contributed by atoms with Crippen molar-refractivity contribution in [1.82, 2.24) is 34.8 Å². The lowest BCUT2D eigenvalue weighted by molar-refractivity contribution is 0.0211. The lowest BCUT2D eigenvalue weighted by Gasteiger charge is -2.28. The Morgan fingerprint density at radius 2 is 2.27 bits per heavy atom. The number of fused-ring (bicyclic) bond motifs is 1. The summed E-state index contributed by atoms with van der Waals surface area (Å²) in [5.41, 5.74) is 1.77. The fourth-order valence-electron chi connectivity index (χ4n) is 3.44. The largest absolute Gasteiger partial charge is 0.444 e. The quantitative estimate of drug-likeness (QED) is 0.580. The molecule has 1 amide bonds. The van der Waals surface area contributed by atoms with Crippen LogP contribution in [-0.2, 0) is 17.8 Å². The fraction of sp³-hybridized carbons (Fsp3) is 0.526. The summed E-state index contributed by atoms with van der Waals surface area (Å²) in [6.07, 6.45) is 5.22. The van der Waals surface area contributed by atoms with Crippen LogP contribution in [0.25, 0.3) is 11.2 Å². The summed E-state index contributed by atoms with van der Waals surface area (Å²) in [5.74, 6) is 0.622. The van der Waals surface area contributed by atoms with Crippen LogP contribution in [-0.4, -0.2) is 59.1 Å². The first-order valence-electron chi connectivity index (χ1n) is 9.90. The van der Waals surface area contributed by atoms with Crippen LogP contribution in [0.3, 0.4) is 0 Å². The van der Waals surface area contributed by atoms with Gasteiger partial charge in [-0.2, -0.15) is 4.98 Å². The number of anilines is 1. The number of likely N-dealkylation sites (tertiary alicyclic amines) is 1. The van der Waals surface area contributed by atoms with Crippen molar-refractivity contribution in [2.24, 2.45) is 0 Å². The molecule has 3 aromatic heterocycles. The van der Waals surface area contributed by atoms with Gasteiger partial charge in [0.25, 0.3) is 0 Å². The number of H-pyrrole nitrogens is 1. The second kappa shape index (κ2) is 8.21. The van der Waals surface area contributed by atoms with Gasteiger partial charge in [-0.25, -0.2) is 9.78 Å². The van der Waals surface area contributed by atoms with Crippen molar-refractivity contribution in [3.05, 3.63) is 28.6 Å². The van der Waals surface area contributed by atoms with Gasteiger partial charge in [0, 0.05) is 17.2 Å². The van der Waals surface area contributed by atoms with E-state index in [1.165, 1.54) is 0 Å². The highest BCUT2D eigenvalue weighted by molar-refractivity contribution is 9.10. The van der Waals surface area contributed by atoms with Gasteiger partial charge in [-0.3, -0.25) is 4.68 Å². The van der Waals surface area contributed by atoms with Gasteiger partial charge < -0.3 is 19.9 Å². The Morgan fingerprint density at radius 3 is 3.07 bits per heavy atom. The number of pyridine rings is 1. The number of nitrogens with one attached hydrogen (secondary N) is 2. The molecular formula is C19H25BrN8O2. The Bertz CT molecular complexity index is 1040. The van der Waals surface area contributed by atoms with Crippen LogP contribution in [0, 0.1) is 0 Å². The second-order valence-electron chi connectivity index (χ2n) is 8.37. The zero-order valence-electron chi connectivity index (χ0n) is 17.2. The number of aromatic nitrogens is 6. The first-order chi connectivity index (χ1) is 14.3. The molecule has 10 nitrogen and oxygen atoms in total. The molecule has 1 fully saturated rings. The first kappa shape index (κ1) is 20.6. The van der Waals surface area contributed by atoms with Crippen LogP contribution in [0.2, 0.25) is 0 Å². The van der Waals surface area contributed by atoms with Crippen LogP contribution < -0.4 is 5.32 Å². The number of carbonyl (C=O) groups is 1. The molecule has 0 unspecified atom stereocenters. The summed E-state index contributed by atoms with van der Waals surface area (Å²) in [4.78, 5) is 26.1. The van der Waals surface area contributed by atoms with Gasteiger partial charge in [0.1, 0.15) is 11.3 Å². The minimum atomic E-state index is -0.501. The Labute approximate surface area is 182 Å². The summed E-state index contributed by atoms with van der Waals surface area (Å²) < 4.78 is 8.20. The van der Waals surface area contributed by atoms with E-state index < -0.39 is 5.60 Å². The smallest absolute Gasteiger partial charge is 0.410 e. The van der Waals surface area contributed by atoms with Gasteiger partial charge in [-0.05, 0) is 55.6 Å². The van der Waals surface area contributed by atoms with Crippen molar-refractivity contribution < 1.29 is 9.53 Å². The molecule has 1 saturated heterocycles. The van der Waals surface area contributed by atoms with E-state index in [-0.39, 0.29) is 12.1 Å². The van der Waals surface area contributed by atoms with Crippen molar-refractivity contribution in [3.8, 4) is 0 Å². The summed E-state index contributed by atoms with van der Waals surface area (Å²) in [5, 5.41) is 11.6. The van der Waals surface area contributed by atoms with E-state index in [9.17, 15) is 4.79 Å². The van der Waals surface area contributed by atoms with Gasteiger partial charge in [-0.15, -0.1) is 5.10 Å². The molecule has 0 aliphatic carbocycles. The van der Waals surface area contributed by atoms with Crippen molar-refractivity contribution >= 4 is 39.1 Å². The molecule has 4 heterocycles. The normalized spacial score (nSPS) is 16.9. The number of ether oxygens (including phenoxy) is 1. The molecule has 160 valence electrons. The third-order valence-corrected chi connectivity index (χ3v) is 5.16. The van der Waals surface area contributed by atoms with E-state index in [4.69, 9.17) is 4.74 Å². The molecule has 1 aliphatic rings. The van der Waals surface area contributed by atoms with E-state index in [1.807, 2.05) is 33.0 Å². The highest BCUT2D eigenvalue weighted by atomic mass is 79.9. The average molecular weight is 477 g/mol. The van der Waals surface area contributed by atoms with Crippen LogP contribution in [0.1, 0.15) is 39.3 Å². The van der Waals surface area contributed by atoms with Gasteiger partial charge in [0.15, 0.2) is 5.65 Å². The van der Waals surface area contributed by atoms with Gasteiger partial charge in [-0.1, -0.05) is 5.21 Å². The predicted octanol–water partition coefficient (Wildman–Crippen LogP) is 3.32. The first-order valence-corrected chi connectivity index (χ1v) is 10.7. The molecule has 4 rings (SSSR count). The van der Waals surface area contributed by atoms with Crippen LogP contribution in [0.5, 0.6) is 0 Å². The maximum atomic E-state index is 12.5. The highest BCUT2D eigenvalue weighted by Crippen LogP contribution is 2.22. The lowest BCUT2D eigenvalue weighted by Crippen LogP contribution is -2.41. The zero-order chi connectivity index (χ0) is 21.3. The predicted molar refractivity (Wildman–Crippen MR) is 115 cm³/mol. The van der Waals surface area contributed by atoms with E-state index >= 15 is 0 Å². The monoisotopic (exact) mass is 476 g/mol. The van der Waals surface area contributed by atoms with Crippen molar-refractivity contribution in [2.45, 2.75) is 58.3 Å². The minimum Gasteiger partial charge on any atom is -0.444 e. The van der Waals surface area contributed by atoms with E-state index in [1.54, 1.807) is 15.8 Å².